The van der Waals surface area contributed by atoms with Gasteiger partial charge in [-0.1, -0.05) is 24.3 Å². The first-order valence-corrected chi connectivity index (χ1v) is 8.36. The molecule has 1 aromatic heterocycles. The van der Waals surface area contributed by atoms with Crippen molar-refractivity contribution in [3.8, 4) is 5.75 Å². The van der Waals surface area contributed by atoms with Gasteiger partial charge in [0.1, 0.15) is 5.75 Å². The van der Waals surface area contributed by atoms with E-state index >= 15 is 0 Å². The molecule has 0 atom stereocenters. The lowest BCUT2D eigenvalue weighted by atomic mass is 10.1. The van der Waals surface area contributed by atoms with E-state index < -0.39 is 6.09 Å². The molecular weight excluding hydrogens is 340 g/mol. The Morgan fingerprint density at radius 2 is 1.70 bits per heavy atom. The molecule has 0 spiro atoms. The second-order valence-electron chi connectivity index (χ2n) is 5.77. The summed E-state index contributed by atoms with van der Waals surface area (Å²) < 4.78 is 5.34. The van der Waals surface area contributed by atoms with Crippen LogP contribution in [-0.4, -0.2) is 23.9 Å². The minimum atomic E-state index is -0.503. The number of nitrogens with zero attached hydrogens (tertiary/aromatic N) is 2. The topological polar surface area (TPSA) is 59.5 Å². The molecule has 0 fully saturated rings. The lowest BCUT2D eigenvalue weighted by Crippen LogP contribution is -2.29. The van der Waals surface area contributed by atoms with Crippen molar-refractivity contribution in [2.75, 3.05) is 11.9 Å². The first kappa shape index (κ1) is 18.1. The average molecular weight is 358 g/mol. The second kappa shape index (κ2) is 8.58. The Bertz CT molecular complexity index is 936. The third kappa shape index (κ3) is 4.89. The molecule has 0 aliphatic carbocycles. The summed E-state index contributed by atoms with van der Waals surface area (Å²) in [6, 6.07) is 19.3. The predicted molar refractivity (Wildman–Crippen MR) is 105 cm³/mol. The molecular formula is C22H18N2O3. The van der Waals surface area contributed by atoms with Crippen LogP contribution in [-0.2, 0) is 0 Å². The summed E-state index contributed by atoms with van der Waals surface area (Å²) in [5.41, 5.74) is 2.08. The zero-order chi connectivity index (χ0) is 19.1. The standard InChI is InChI=1S/C22H18N2O3/c1-24(19-7-3-2-4-8-19)22(26)27-20-12-10-18(11-13-20)21(25)14-9-17-6-5-15-23-16-17/h2-16H,1H3/b14-9+. The van der Waals surface area contributed by atoms with Gasteiger partial charge in [0.25, 0.3) is 0 Å². The van der Waals surface area contributed by atoms with Crippen molar-refractivity contribution < 1.29 is 14.3 Å². The molecule has 2 aromatic carbocycles. The van der Waals surface area contributed by atoms with Crippen LogP contribution in [0.1, 0.15) is 15.9 Å². The molecule has 5 heteroatoms. The fourth-order valence-electron chi connectivity index (χ4n) is 2.36. The van der Waals surface area contributed by atoms with Crippen LogP contribution < -0.4 is 9.64 Å². The molecule has 1 amide bonds. The molecule has 3 aromatic rings. The van der Waals surface area contributed by atoms with E-state index in [0.717, 1.165) is 11.3 Å². The van der Waals surface area contributed by atoms with Crippen LogP contribution in [0.3, 0.4) is 0 Å². The number of pyridine rings is 1. The third-order valence-electron chi connectivity index (χ3n) is 3.87. The number of ether oxygens (including phenoxy) is 1. The van der Waals surface area contributed by atoms with E-state index in [2.05, 4.69) is 4.98 Å². The molecule has 5 nitrogen and oxygen atoms in total. The molecule has 27 heavy (non-hydrogen) atoms. The van der Waals surface area contributed by atoms with Gasteiger partial charge >= 0.3 is 6.09 Å². The molecule has 3 rings (SSSR count). The Balaban J connectivity index is 1.62. The maximum absolute atomic E-state index is 12.2. The van der Waals surface area contributed by atoms with Gasteiger partial charge in [-0.05, 0) is 60.2 Å². The Morgan fingerprint density at radius 3 is 2.37 bits per heavy atom. The van der Waals surface area contributed by atoms with Gasteiger partial charge < -0.3 is 4.74 Å². The Morgan fingerprint density at radius 1 is 0.963 bits per heavy atom. The maximum Gasteiger partial charge on any atom is 0.419 e. The van der Waals surface area contributed by atoms with Crippen molar-refractivity contribution in [2.45, 2.75) is 0 Å². The predicted octanol–water partition coefficient (Wildman–Crippen LogP) is 4.61. The van der Waals surface area contributed by atoms with Crippen LogP contribution in [0.2, 0.25) is 0 Å². The number of allylic oxidation sites excluding steroid dienone is 1. The number of amides is 1. The summed E-state index contributed by atoms with van der Waals surface area (Å²) in [6.07, 6.45) is 6.04. The minimum Gasteiger partial charge on any atom is -0.410 e. The number of hydrogen-bond acceptors (Lipinski definition) is 4. The minimum absolute atomic E-state index is 0.141. The Labute approximate surface area is 157 Å². The number of ketones is 1. The quantitative estimate of drug-likeness (QED) is 0.493. The van der Waals surface area contributed by atoms with Crippen molar-refractivity contribution in [1.29, 1.82) is 0 Å². The zero-order valence-electron chi connectivity index (χ0n) is 14.8. The first-order chi connectivity index (χ1) is 13.1. The summed E-state index contributed by atoms with van der Waals surface area (Å²) >= 11 is 0. The first-order valence-electron chi connectivity index (χ1n) is 8.36. The fraction of sp³-hybridized carbons (Fsp3) is 0.0455. The molecule has 0 aliphatic rings. The van der Waals surface area contributed by atoms with Crippen molar-refractivity contribution in [3.05, 3.63) is 96.3 Å². The normalized spacial score (nSPS) is 10.6. The molecule has 0 unspecified atom stereocenters. The van der Waals surface area contributed by atoms with Crippen LogP contribution in [0.25, 0.3) is 6.08 Å². The van der Waals surface area contributed by atoms with Gasteiger partial charge in [-0.3, -0.25) is 14.7 Å². The smallest absolute Gasteiger partial charge is 0.410 e. The lowest BCUT2D eigenvalue weighted by molar-refractivity contribution is 0.104. The molecule has 0 saturated carbocycles. The average Bonchev–Trinajstić information content (AvgIpc) is 2.73. The van der Waals surface area contributed by atoms with E-state index in [-0.39, 0.29) is 5.78 Å². The van der Waals surface area contributed by atoms with Crippen molar-refractivity contribution >= 4 is 23.6 Å². The number of para-hydroxylation sites is 1. The second-order valence-corrected chi connectivity index (χ2v) is 5.77. The SMILES string of the molecule is CN(C(=O)Oc1ccc(C(=O)/C=C/c2cccnc2)cc1)c1ccccc1. The van der Waals surface area contributed by atoms with Crippen LogP contribution in [0.15, 0.2) is 85.2 Å². The van der Waals surface area contributed by atoms with Crippen molar-refractivity contribution in [2.24, 2.45) is 0 Å². The highest BCUT2D eigenvalue weighted by Crippen LogP contribution is 2.17. The largest absolute Gasteiger partial charge is 0.419 e. The summed E-state index contributed by atoms with van der Waals surface area (Å²) in [7, 11) is 1.64. The van der Waals surface area contributed by atoms with Gasteiger partial charge in [-0.15, -0.1) is 0 Å². The van der Waals surface area contributed by atoms with E-state index in [9.17, 15) is 9.59 Å². The summed E-state index contributed by atoms with van der Waals surface area (Å²) in [5.74, 6) is 0.230. The van der Waals surface area contributed by atoms with Gasteiger partial charge in [0.05, 0.1) is 0 Å². The van der Waals surface area contributed by atoms with E-state index in [1.54, 1.807) is 55.8 Å². The number of rotatable bonds is 5. The summed E-state index contributed by atoms with van der Waals surface area (Å²) in [4.78, 5) is 29.8. The summed E-state index contributed by atoms with van der Waals surface area (Å²) in [5, 5.41) is 0. The molecule has 0 radical (unpaired) electrons. The van der Waals surface area contributed by atoms with Gasteiger partial charge in [-0.25, -0.2) is 4.79 Å². The lowest BCUT2D eigenvalue weighted by Gasteiger charge is -2.16. The van der Waals surface area contributed by atoms with Gasteiger partial charge in [0.15, 0.2) is 5.78 Å². The fourth-order valence-corrected chi connectivity index (χ4v) is 2.36. The third-order valence-corrected chi connectivity index (χ3v) is 3.87. The van der Waals surface area contributed by atoms with Crippen LogP contribution >= 0.6 is 0 Å². The Hall–Kier alpha value is -3.73. The van der Waals surface area contributed by atoms with Gasteiger partial charge in [0.2, 0.25) is 0 Å². The van der Waals surface area contributed by atoms with Crippen LogP contribution in [0.4, 0.5) is 10.5 Å². The highest BCUT2D eigenvalue weighted by atomic mass is 16.6. The summed E-state index contributed by atoms with van der Waals surface area (Å²) in [6.45, 7) is 0. The van der Waals surface area contributed by atoms with Crippen molar-refractivity contribution in [1.82, 2.24) is 4.98 Å². The molecule has 0 N–H and O–H groups in total. The zero-order valence-corrected chi connectivity index (χ0v) is 14.8. The number of carbonyl (C=O) groups excluding carboxylic acids is 2. The van der Waals surface area contributed by atoms with E-state index in [0.29, 0.717) is 11.3 Å². The maximum atomic E-state index is 12.2. The monoisotopic (exact) mass is 358 g/mol. The molecule has 0 aliphatic heterocycles. The number of aromatic nitrogens is 1. The molecule has 134 valence electrons. The number of hydrogen-bond donors (Lipinski definition) is 0. The number of benzene rings is 2. The highest BCUT2D eigenvalue weighted by Gasteiger charge is 2.13. The Kier molecular flexibility index (Phi) is 5.74. The van der Waals surface area contributed by atoms with Crippen molar-refractivity contribution in [3.63, 3.8) is 0 Å². The molecule has 0 bridgehead atoms. The number of anilines is 1. The van der Waals surface area contributed by atoms with E-state index in [1.165, 1.54) is 11.0 Å². The highest BCUT2D eigenvalue weighted by molar-refractivity contribution is 6.06. The van der Waals surface area contributed by atoms with Gasteiger partial charge in [0, 0.05) is 30.7 Å². The van der Waals surface area contributed by atoms with E-state index in [4.69, 9.17) is 4.74 Å². The molecule has 1 heterocycles. The van der Waals surface area contributed by atoms with Gasteiger partial charge in [-0.2, -0.15) is 0 Å². The van der Waals surface area contributed by atoms with Crippen LogP contribution in [0.5, 0.6) is 5.75 Å². The van der Waals surface area contributed by atoms with Crippen LogP contribution in [0, 0.1) is 0 Å². The molecule has 0 saturated heterocycles. The van der Waals surface area contributed by atoms with E-state index in [1.807, 2.05) is 36.4 Å². The number of carbonyl (C=O) groups is 2.